The van der Waals surface area contributed by atoms with Crippen LogP contribution in [0.4, 0.5) is 0 Å². The molecule has 0 aliphatic heterocycles. The monoisotopic (exact) mass is 295 g/mol. The first-order valence-electron chi connectivity index (χ1n) is 3.11. The first-order valence-corrected chi connectivity index (χ1v) is 3.11. The molecule has 0 saturated heterocycles. The van der Waals surface area contributed by atoms with E-state index in [4.69, 9.17) is 5.11 Å². The number of carbonyl (C=O) groups is 3. The minimum absolute atomic E-state index is 0. The number of hydrogen-bond acceptors (Lipinski definition) is 7. The Morgan fingerprint density at radius 2 is 1.27 bits per heavy atom. The molecule has 15 heavy (non-hydrogen) atoms. The van der Waals surface area contributed by atoms with Crippen LogP contribution in [-0.4, -0.2) is 28.6 Å². The SMILES string of the molecule is O=C([O-])CC(O)(CC(=O)[O-])C(=O)[O-].[Mn+2].[V]. The van der Waals surface area contributed by atoms with Crippen LogP contribution in [0.1, 0.15) is 12.8 Å². The van der Waals surface area contributed by atoms with Gasteiger partial charge in [0.1, 0.15) is 5.60 Å². The van der Waals surface area contributed by atoms with Crippen LogP contribution in [0.2, 0.25) is 0 Å². The summed E-state index contributed by atoms with van der Waals surface area (Å²) < 4.78 is 0. The maximum absolute atomic E-state index is 10.1. The zero-order valence-electron chi connectivity index (χ0n) is 7.14. The van der Waals surface area contributed by atoms with E-state index in [2.05, 4.69) is 0 Å². The number of hydrogen-bond donors (Lipinski definition) is 1. The van der Waals surface area contributed by atoms with Gasteiger partial charge < -0.3 is 34.8 Å². The Labute approximate surface area is 107 Å². The molecule has 0 unspecified atom stereocenters. The first-order chi connectivity index (χ1) is 5.78. The fourth-order valence-electron chi connectivity index (χ4n) is 0.684. The van der Waals surface area contributed by atoms with Crippen LogP contribution in [0.5, 0.6) is 0 Å². The summed E-state index contributed by atoms with van der Waals surface area (Å²) in [7, 11) is 0. The van der Waals surface area contributed by atoms with Crippen molar-refractivity contribution >= 4 is 17.9 Å². The molecule has 7 nitrogen and oxygen atoms in total. The van der Waals surface area contributed by atoms with Crippen LogP contribution < -0.4 is 15.3 Å². The Morgan fingerprint density at radius 3 is 1.40 bits per heavy atom. The summed E-state index contributed by atoms with van der Waals surface area (Å²) in [5.41, 5.74) is -2.97. The number of carboxylic acids is 3. The van der Waals surface area contributed by atoms with Gasteiger partial charge in [0, 0.05) is 43.3 Å². The number of aliphatic carboxylic acids is 3. The van der Waals surface area contributed by atoms with Gasteiger partial charge in [0.05, 0.1) is 5.97 Å². The van der Waals surface area contributed by atoms with E-state index in [-0.39, 0.29) is 35.6 Å². The Kier molecular flexibility index (Phi) is 10.3. The number of aliphatic hydroxyl groups is 1. The second-order valence-electron chi connectivity index (χ2n) is 2.42. The third-order valence-corrected chi connectivity index (χ3v) is 1.25. The second kappa shape index (κ2) is 7.73. The van der Waals surface area contributed by atoms with Gasteiger partial charge in [-0.2, -0.15) is 0 Å². The van der Waals surface area contributed by atoms with Crippen LogP contribution in [0.3, 0.4) is 0 Å². The van der Waals surface area contributed by atoms with Gasteiger partial charge in [0.2, 0.25) is 0 Å². The summed E-state index contributed by atoms with van der Waals surface area (Å²) in [6, 6.07) is 0. The van der Waals surface area contributed by atoms with Crippen molar-refractivity contribution in [2.75, 3.05) is 0 Å². The van der Waals surface area contributed by atoms with Gasteiger partial charge in [0.25, 0.3) is 0 Å². The van der Waals surface area contributed by atoms with E-state index in [9.17, 15) is 29.7 Å². The van der Waals surface area contributed by atoms with Crippen LogP contribution in [0, 0.1) is 0 Å². The molecule has 0 saturated carbocycles. The number of rotatable bonds is 5. The Morgan fingerprint density at radius 1 is 1.00 bits per heavy atom. The fourth-order valence-corrected chi connectivity index (χ4v) is 0.684. The predicted molar refractivity (Wildman–Crippen MR) is 29.2 cm³/mol. The summed E-state index contributed by atoms with van der Waals surface area (Å²) in [5, 5.41) is 38.9. The summed E-state index contributed by atoms with van der Waals surface area (Å²) >= 11 is 0. The van der Waals surface area contributed by atoms with E-state index in [1.54, 1.807) is 0 Å². The predicted octanol–water partition coefficient (Wildman–Crippen LogP) is -5.26. The van der Waals surface area contributed by atoms with Crippen LogP contribution >= 0.6 is 0 Å². The third kappa shape index (κ3) is 7.41. The van der Waals surface area contributed by atoms with Crippen molar-refractivity contribution in [3.63, 3.8) is 0 Å². The average molecular weight is 295 g/mol. The maximum Gasteiger partial charge on any atom is 2.00 e. The molecular weight excluding hydrogens is 290 g/mol. The number of carbonyl (C=O) groups excluding carboxylic acids is 3. The van der Waals surface area contributed by atoms with Gasteiger partial charge in [-0.05, 0) is 0 Å². The van der Waals surface area contributed by atoms with Gasteiger partial charge in [-0.3, -0.25) is 0 Å². The molecule has 0 heterocycles. The van der Waals surface area contributed by atoms with Crippen LogP contribution in [-0.2, 0) is 50.0 Å². The van der Waals surface area contributed by atoms with Crippen molar-refractivity contribution in [1.82, 2.24) is 0 Å². The van der Waals surface area contributed by atoms with Crippen LogP contribution in [0.25, 0.3) is 0 Å². The summed E-state index contributed by atoms with van der Waals surface area (Å²) in [4.78, 5) is 30.0. The minimum atomic E-state index is -2.97. The Balaban J connectivity index is -0.000000720. The summed E-state index contributed by atoms with van der Waals surface area (Å²) in [6.45, 7) is 0. The van der Waals surface area contributed by atoms with Gasteiger partial charge in [-0.1, -0.05) is 0 Å². The standard InChI is InChI=1S/C6H8O7.Mn.V/c7-3(8)1-6(13,5(11)12)2-4(9)10;;/h13H,1-2H2,(H,7,8)(H,9,10)(H,11,12);;/q;+2;/p-3. The van der Waals surface area contributed by atoms with Crippen molar-refractivity contribution in [2.45, 2.75) is 18.4 Å². The molecule has 0 aromatic rings. The van der Waals surface area contributed by atoms with Crippen molar-refractivity contribution in [3.05, 3.63) is 0 Å². The summed E-state index contributed by atoms with van der Waals surface area (Å²) in [6.07, 6.45) is -2.72. The van der Waals surface area contributed by atoms with E-state index in [1.165, 1.54) is 0 Å². The van der Waals surface area contributed by atoms with Crippen molar-refractivity contribution in [1.29, 1.82) is 0 Å². The largest absolute Gasteiger partial charge is 2.00 e. The van der Waals surface area contributed by atoms with Gasteiger partial charge in [-0.25, -0.2) is 0 Å². The second-order valence-corrected chi connectivity index (χ2v) is 2.42. The molecule has 0 aromatic heterocycles. The maximum atomic E-state index is 10.1. The quantitative estimate of drug-likeness (QED) is 0.499. The van der Waals surface area contributed by atoms with E-state index in [0.29, 0.717) is 0 Å². The zero-order valence-corrected chi connectivity index (χ0v) is 9.71. The topological polar surface area (TPSA) is 141 Å². The molecule has 0 fully saturated rings. The molecule has 0 spiro atoms. The molecule has 0 aliphatic carbocycles. The Bertz CT molecular complexity index is 238. The summed E-state index contributed by atoms with van der Waals surface area (Å²) in [5.74, 6) is -5.98. The molecule has 9 heteroatoms. The molecule has 0 amide bonds. The molecule has 0 aromatic carbocycles. The molecular formula is C6H5MnO7V-. The van der Waals surface area contributed by atoms with Crippen molar-refractivity contribution < 1.29 is 70.4 Å². The van der Waals surface area contributed by atoms with Crippen molar-refractivity contribution in [3.8, 4) is 0 Å². The molecule has 0 aliphatic rings. The number of carboxylic acid groups (broad SMARTS) is 3. The molecule has 84 valence electrons. The van der Waals surface area contributed by atoms with Gasteiger partial charge in [-0.15, -0.1) is 0 Å². The van der Waals surface area contributed by atoms with Gasteiger partial charge >= 0.3 is 17.1 Å². The Hall–Kier alpha value is -0.526. The van der Waals surface area contributed by atoms with Crippen molar-refractivity contribution in [2.24, 2.45) is 0 Å². The molecule has 1 N–H and O–H groups in total. The fraction of sp³-hybridized carbons (Fsp3) is 0.500. The average Bonchev–Trinajstić information content (AvgIpc) is 1.82. The van der Waals surface area contributed by atoms with E-state index >= 15 is 0 Å². The normalized spacial score (nSPS) is 9.40. The van der Waals surface area contributed by atoms with E-state index in [1.807, 2.05) is 0 Å². The third-order valence-electron chi connectivity index (χ3n) is 1.25. The molecule has 0 atom stereocenters. The molecule has 0 bridgehead atoms. The smallest absolute Gasteiger partial charge is 0.550 e. The molecule has 0 rings (SSSR count). The first kappa shape index (κ1) is 20.0. The minimum Gasteiger partial charge on any atom is -0.550 e. The van der Waals surface area contributed by atoms with E-state index < -0.39 is 36.4 Å². The van der Waals surface area contributed by atoms with E-state index in [0.717, 1.165) is 0 Å². The van der Waals surface area contributed by atoms with Gasteiger partial charge in [0.15, 0.2) is 0 Å². The zero-order chi connectivity index (χ0) is 10.6. The van der Waals surface area contributed by atoms with Crippen LogP contribution in [0.15, 0.2) is 0 Å². The molecule has 2 radical (unpaired) electrons.